The van der Waals surface area contributed by atoms with Crippen molar-refractivity contribution >= 4 is 37.3 Å². The summed E-state index contributed by atoms with van der Waals surface area (Å²) in [5.41, 5.74) is 0.713. The number of nitrogens with one attached hydrogen (secondary N) is 1. The number of nitrogens with zero attached hydrogens (tertiary/aromatic N) is 2. The van der Waals surface area contributed by atoms with Gasteiger partial charge in [-0.3, -0.25) is 4.72 Å². The van der Waals surface area contributed by atoms with Gasteiger partial charge in [0.2, 0.25) is 10.0 Å². The van der Waals surface area contributed by atoms with Crippen LogP contribution in [0.1, 0.15) is 31.2 Å². The summed E-state index contributed by atoms with van der Waals surface area (Å²) in [5.74, 6) is 0. The Morgan fingerprint density at radius 3 is 2.32 bits per heavy atom. The van der Waals surface area contributed by atoms with Crippen molar-refractivity contribution in [1.82, 2.24) is 9.29 Å². The number of halogens is 1. The van der Waals surface area contributed by atoms with E-state index in [-0.39, 0.29) is 20.6 Å². The molecule has 0 saturated carbocycles. The molecular formula is C18H22ClN3O4S2. The molecule has 1 aromatic carbocycles. The lowest BCUT2D eigenvalue weighted by Gasteiger charge is -2.21. The molecule has 0 unspecified atom stereocenters. The van der Waals surface area contributed by atoms with Crippen LogP contribution in [0.4, 0.5) is 5.69 Å². The van der Waals surface area contributed by atoms with Gasteiger partial charge in [-0.2, -0.15) is 4.31 Å². The topological polar surface area (TPSA) is 96.4 Å². The number of rotatable bonds is 5. The van der Waals surface area contributed by atoms with Crippen LogP contribution in [0.25, 0.3) is 0 Å². The summed E-state index contributed by atoms with van der Waals surface area (Å²) >= 11 is 5.89. The van der Waals surface area contributed by atoms with Crippen LogP contribution >= 0.6 is 11.6 Å². The number of hydrogen-bond donors (Lipinski definition) is 1. The van der Waals surface area contributed by atoms with Crippen molar-refractivity contribution in [1.29, 1.82) is 0 Å². The molecule has 0 atom stereocenters. The van der Waals surface area contributed by atoms with Gasteiger partial charge < -0.3 is 0 Å². The quantitative estimate of drug-likeness (QED) is 0.714. The van der Waals surface area contributed by atoms with Crippen molar-refractivity contribution < 1.29 is 16.8 Å². The van der Waals surface area contributed by atoms with Gasteiger partial charge in [-0.05, 0) is 49.6 Å². The van der Waals surface area contributed by atoms with E-state index in [9.17, 15) is 16.8 Å². The average Bonchev–Trinajstić information content (AvgIpc) is 2.93. The molecule has 7 nitrogen and oxygen atoms in total. The smallest absolute Gasteiger partial charge is 0.264 e. The average molecular weight is 444 g/mol. The zero-order valence-electron chi connectivity index (χ0n) is 15.4. The molecule has 1 fully saturated rings. The largest absolute Gasteiger partial charge is 0.279 e. The predicted octanol–water partition coefficient (Wildman–Crippen LogP) is 3.41. The fourth-order valence-electron chi connectivity index (χ4n) is 3.14. The lowest BCUT2D eigenvalue weighted by molar-refractivity contribution is 0.423. The molecule has 10 heteroatoms. The Kier molecular flexibility index (Phi) is 6.28. The van der Waals surface area contributed by atoms with Gasteiger partial charge in [0.15, 0.2) is 0 Å². The molecule has 0 spiro atoms. The summed E-state index contributed by atoms with van der Waals surface area (Å²) in [6, 6.07) is 7.27. The Balaban J connectivity index is 1.94. The highest BCUT2D eigenvalue weighted by Gasteiger charge is 2.27. The normalized spacial score (nSPS) is 16.5. The first-order valence-corrected chi connectivity index (χ1v) is 12.3. The third-order valence-electron chi connectivity index (χ3n) is 4.64. The van der Waals surface area contributed by atoms with E-state index in [1.807, 2.05) is 0 Å². The summed E-state index contributed by atoms with van der Waals surface area (Å²) in [6.07, 6.45) is 5.06. The Hall–Kier alpha value is -1.68. The summed E-state index contributed by atoms with van der Waals surface area (Å²) in [4.78, 5) is 3.70. The van der Waals surface area contributed by atoms with Crippen molar-refractivity contribution in [2.45, 2.75) is 42.4 Å². The molecule has 0 amide bonds. The van der Waals surface area contributed by atoms with Crippen LogP contribution in [0.5, 0.6) is 0 Å². The fourth-order valence-corrected chi connectivity index (χ4v) is 6.42. The van der Waals surface area contributed by atoms with Crippen molar-refractivity contribution in [3.05, 3.63) is 47.2 Å². The van der Waals surface area contributed by atoms with Crippen LogP contribution in [0, 0.1) is 6.92 Å². The van der Waals surface area contributed by atoms with Gasteiger partial charge >= 0.3 is 0 Å². The fraction of sp³-hybridized carbons (Fsp3) is 0.389. The first kappa shape index (κ1) is 21.0. The van der Waals surface area contributed by atoms with Gasteiger partial charge in [0, 0.05) is 19.3 Å². The molecule has 0 aliphatic carbocycles. The predicted molar refractivity (Wildman–Crippen MR) is 108 cm³/mol. The van der Waals surface area contributed by atoms with Crippen molar-refractivity contribution in [3.63, 3.8) is 0 Å². The molecule has 1 aromatic heterocycles. The zero-order chi connectivity index (χ0) is 20.4. The maximum absolute atomic E-state index is 13.1. The highest BCUT2D eigenvalue weighted by atomic mass is 35.5. The molecule has 152 valence electrons. The SMILES string of the molecule is Cc1ccc(NS(=O)(=O)c2cccnc2Cl)cc1S(=O)(=O)N1CCCCCC1. The Bertz CT molecular complexity index is 1060. The third kappa shape index (κ3) is 4.48. The van der Waals surface area contributed by atoms with Crippen molar-refractivity contribution in [3.8, 4) is 0 Å². The highest BCUT2D eigenvalue weighted by molar-refractivity contribution is 7.92. The lowest BCUT2D eigenvalue weighted by atomic mass is 10.2. The second-order valence-corrected chi connectivity index (χ2v) is 10.6. The monoisotopic (exact) mass is 443 g/mol. The van der Waals surface area contributed by atoms with E-state index in [1.54, 1.807) is 13.0 Å². The Morgan fingerprint density at radius 2 is 1.68 bits per heavy atom. The van der Waals surface area contributed by atoms with Crippen molar-refractivity contribution in [2.75, 3.05) is 17.8 Å². The molecule has 1 aliphatic heterocycles. The van der Waals surface area contributed by atoms with E-state index < -0.39 is 20.0 Å². The van der Waals surface area contributed by atoms with Gasteiger partial charge in [0.05, 0.1) is 10.6 Å². The first-order valence-electron chi connectivity index (χ1n) is 8.96. The van der Waals surface area contributed by atoms with Gasteiger partial charge in [0.1, 0.15) is 10.0 Å². The van der Waals surface area contributed by atoms with E-state index in [0.717, 1.165) is 25.7 Å². The molecule has 3 rings (SSSR count). The molecule has 2 heterocycles. The van der Waals surface area contributed by atoms with Crippen LogP contribution in [0.15, 0.2) is 46.3 Å². The first-order chi connectivity index (χ1) is 13.2. The van der Waals surface area contributed by atoms with E-state index >= 15 is 0 Å². The molecule has 2 aromatic rings. The molecule has 28 heavy (non-hydrogen) atoms. The maximum atomic E-state index is 13.1. The Labute approximate surface area is 170 Å². The van der Waals surface area contributed by atoms with Gasteiger partial charge in [-0.25, -0.2) is 21.8 Å². The Morgan fingerprint density at radius 1 is 1.00 bits per heavy atom. The standard InChI is InChI=1S/C18H22ClN3O4S2/c1-14-8-9-15(21-27(23,24)16-7-6-10-20-18(16)19)13-17(14)28(25,26)22-11-4-2-3-5-12-22/h6-10,13,21H,2-5,11-12H2,1H3. The summed E-state index contributed by atoms with van der Waals surface area (Å²) in [6.45, 7) is 2.65. The molecule has 1 N–H and O–H groups in total. The van der Waals surface area contributed by atoms with E-state index in [1.165, 1.54) is 34.8 Å². The number of aromatic nitrogens is 1. The van der Waals surface area contributed by atoms with Crippen LogP contribution < -0.4 is 4.72 Å². The summed E-state index contributed by atoms with van der Waals surface area (Å²) in [7, 11) is -7.71. The molecule has 0 radical (unpaired) electrons. The molecule has 0 bridgehead atoms. The van der Waals surface area contributed by atoms with Crippen LogP contribution in [-0.2, 0) is 20.0 Å². The molecule has 1 saturated heterocycles. The van der Waals surface area contributed by atoms with Crippen LogP contribution in [0.3, 0.4) is 0 Å². The minimum Gasteiger partial charge on any atom is -0.279 e. The zero-order valence-corrected chi connectivity index (χ0v) is 17.8. The third-order valence-corrected chi connectivity index (χ3v) is 8.50. The molecule has 1 aliphatic rings. The minimum absolute atomic E-state index is 0.104. The van der Waals surface area contributed by atoms with E-state index in [4.69, 9.17) is 11.6 Å². The minimum atomic E-state index is -4.00. The highest BCUT2D eigenvalue weighted by Crippen LogP contribution is 2.28. The number of anilines is 1. The van der Waals surface area contributed by atoms with Crippen molar-refractivity contribution in [2.24, 2.45) is 0 Å². The van der Waals surface area contributed by atoms with E-state index in [2.05, 4.69) is 9.71 Å². The number of sulfonamides is 2. The number of pyridine rings is 1. The number of benzene rings is 1. The van der Waals surface area contributed by atoms with Gasteiger partial charge in [-0.1, -0.05) is 30.5 Å². The maximum Gasteiger partial charge on any atom is 0.264 e. The van der Waals surface area contributed by atoms with Gasteiger partial charge in [-0.15, -0.1) is 0 Å². The second-order valence-electron chi connectivity index (χ2n) is 6.70. The van der Waals surface area contributed by atoms with Crippen LogP contribution in [0.2, 0.25) is 5.15 Å². The second kappa shape index (κ2) is 8.36. The van der Waals surface area contributed by atoms with Gasteiger partial charge in [0.25, 0.3) is 10.0 Å². The number of aryl methyl sites for hydroxylation is 1. The van der Waals surface area contributed by atoms with Crippen LogP contribution in [-0.4, -0.2) is 39.2 Å². The molecular weight excluding hydrogens is 422 g/mol. The summed E-state index contributed by atoms with van der Waals surface area (Å²) < 4.78 is 55.4. The number of hydrogen-bond acceptors (Lipinski definition) is 5. The summed E-state index contributed by atoms with van der Waals surface area (Å²) in [5, 5.41) is -0.153. The van der Waals surface area contributed by atoms with E-state index in [0.29, 0.717) is 18.7 Å². The lowest BCUT2D eigenvalue weighted by Crippen LogP contribution is -2.32.